The van der Waals surface area contributed by atoms with Crippen LogP contribution in [-0.2, 0) is 9.53 Å². The fourth-order valence-electron chi connectivity index (χ4n) is 2.33. The highest BCUT2D eigenvalue weighted by Crippen LogP contribution is 2.31. The van der Waals surface area contributed by atoms with E-state index in [1.54, 1.807) is 11.8 Å². The van der Waals surface area contributed by atoms with E-state index in [9.17, 15) is 19.4 Å². The smallest absolute Gasteiger partial charge is 0.323 e. The predicted octanol–water partition coefficient (Wildman–Crippen LogP) is 1.38. The highest BCUT2D eigenvalue weighted by atomic mass is 19.1. The Morgan fingerprint density at radius 2 is 2.32 bits per heavy atom. The van der Waals surface area contributed by atoms with Gasteiger partial charge in [-0.05, 0) is 25.1 Å². The second kappa shape index (κ2) is 5.54. The molecule has 1 aliphatic heterocycles. The van der Waals surface area contributed by atoms with Crippen LogP contribution in [0.1, 0.15) is 18.5 Å². The Labute approximate surface area is 110 Å². The van der Waals surface area contributed by atoms with E-state index in [0.29, 0.717) is 18.7 Å². The van der Waals surface area contributed by atoms with E-state index >= 15 is 0 Å². The van der Waals surface area contributed by atoms with Gasteiger partial charge in [0.05, 0.1) is 13.2 Å². The number of carboxylic acids is 1. The van der Waals surface area contributed by atoms with E-state index in [0.717, 1.165) is 0 Å². The number of ether oxygens (including phenoxy) is 1. The van der Waals surface area contributed by atoms with Crippen LogP contribution in [0.15, 0.2) is 18.2 Å². The van der Waals surface area contributed by atoms with E-state index in [-0.39, 0.29) is 12.4 Å². The van der Waals surface area contributed by atoms with Gasteiger partial charge in [0.15, 0.2) is 0 Å². The van der Waals surface area contributed by atoms with Crippen molar-refractivity contribution in [3.05, 3.63) is 29.6 Å². The van der Waals surface area contributed by atoms with Gasteiger partial charge in [-0.25, -0.2) is 4.39 Å². The highest BCUT2D eigenvalue weighted by molar-refractivity contribution is 5.73. The summed E-state index contributed by atoms with van der Waals surface area (Å²) in [7, 11) is 0. The molecule has 1 fully saturated rings. The Morgan fingerprint density at radius 1 is 1.58 bits per heavy atom. The molecule has 1 aromatic rings. The average Bonchev–Trinajstić information content (AvgIpc) is 2.40. The van der Waals surface area contributed by atoms with Gasteiger partial charge in [0.25, 0.3) is 0 Å². The third kappa shape index (κ3) is 2.85. The van der Waals surface area contributed by atoms with Crippen molar-refractivity contribution in [3.8, 4) is 5.75 Å². The predicted molar refractivity (Wildman–Crippen MR) is 65.4 cm³/mol. The average molecular weight is 269 g/mol. The summed E-state index contributed by atoms with van der Waals surface area (Å²) in [5, 5.41) is 19.0. The summed E-state index contributed by atoms with van der Waals surface area (Å²) in [6, 6.07) is 2.48. The largest absolute Gasteiger partial charge is 0.508 e. The summed E-state index contributed by atoms with van der Waals surface area (Å²) in [4.78, 5) is 12.9. The lowest BCUT2D eigenvalue weighted by Crippen LogP contribution is -2.50. The van der Waals surface area contributed by atoms with Gasteiger partial charge in [0.2, 0.25) is 0 Å². The topological polar surface area (TPSA) is 70.0 Å². The van der Waals surface area contributed by atoms with Crippen LogP contribution in [0, 0.1) is 5.82 Å². The minimum absolute atomic E-state index is 0.0375. The van der Waals surface area contributed by atoms with Crippen LogP contribution in [0.25, 0.3) is 0 Å². The van der Waals surface area contributed by atoms with Gasteiger partial charge in [-0.15, -0.1) is 0 Å². The Kier molecular flexibility index (Phi) is 4.01. The fraction of sp³-hybridized carbons (Fsp3) is 0.462. The molecule has 1 heterocycles. The molecule has 0 aromatic heterocycles. The molecule has 1 aromatic carbocycles. The van der Waals surface area contributed by atoms with Gasteiger partial charge in [-0.3, -0.25) is 9.69 Å². The van der Waals surface area contributed by atoms with Crippen molar-refractivity contribution in [1.29, 1.82) is 0 Å². The third-order valence-corrected chi connectivity index (χ3v) is 3.39. The summed E-state index contributed by atoms with van der Waals surface area (Å²) < 4.78 is 18.4. The van der Waals surface area contributed by atoms with E-state index in [4.69, 9.17) is 4.74 Å². The fourth-order valence-corrected chi connectivity index (χ4v) is 2.33. The molecule has 0 bridgehead atoms. The molecule has 2 rings (SSSR count). The molecule has 6 heteroatoms. The maximum absolute atomic E-state index is 13.3. The summed E-state index contributed by atoms with van der Waals surface area (Å²) in [6.45, 7) is 2.68. The third-order valence-electron chi connectivity index (χ3n) is 3.39. The molecule has 19 heavy (non-hydrogen) atoms. The number of halogens is 1. The molecule has 0 aliphatic carbocycles. The summed E-state index contributed by atoms with van der Waals surface area (Å²) in [5.74, 6) is -1.48. The van der Waals surface area contributed by atoms with Gasteiger partial charge < -0.3 is 14.9 Å². The van der Waals surface area contributed by atoms with Crippen LogP contribution in [0.2, 0.25) is 0 Å². The lowest BCUT2D eigenvalue weighted by Gasteiger charge is -2.37. The lowest BCUT2D eigenvalue weighted by atomic mass is 10.0. The number of hydrogen-bond acceptors (Lipinski definition) is 4. The highest BCUT2D eigenvalue weighted by Gasteiger charge is 2.33. The number of hydrogen-bond donors (Lipinski definition) is 2. The quantitative estimate of drug-likeness (QED) is 0.867. The molecule has 0 spiro atoms. The molecule has 2 N–H and O–H groups in total. The number of rotatable bonds is 3. The molecule has 0 saturated carbocycles. The van der Waals surface area contributed by atoms with Crippen molar-refractivity contribution in [2.75, 3.05) is 19.8 Å². The van der Waals surface area contributed by atoms with E-state index in [1.807, 2.05) is 0 Å². The van der Waals surface area contributed by atoms with E-state index in [2.05, 4.69) is 0 Å². The number of phenolic OH excluding ortho intramolecular Hbond substituents is 1. The standard InChI is InChI=1S/C13H16FNO4/c1-8(10-6-9(14)2-3-12(10)16)15-4-5-19-7-11(15)13(17)18/h2-3,6,8,11,16H,4-5,7H2,1H3,(H,17,18). The molecule has 1 saturated heterocycles. The molecule has 2 atom stereocenters. The minimum atomic E-state index is -0.984. The SMILES string of the molecule is CC(c1cc(F)ccc1O)N1CCOCC1C(=O)O. The Hall–Kier alpha value is -1.66. The Balaban J connectivity index is 2.28. The first-order valence-electron chi connectivity index (χ1n) is 6.05. The number of aromatic hydroxyl groups is 1. The molecule has 0 radical (unpaired) electrons. The van der Waals surface area contributed by atoms with Crippen molar-refractivity contribution in [2.45, 2.75) is 19.0 Å². The number of benzene rings is 1. The first kappa shape index (κ1) is 13.8. The second-order valence-corrected chi connectivity index (χ2v) is 4.55. The zero-order valence-electron chi connectivity index (χ0n) is 10.5. The summed E-state index contributed by atoms with van der Waals surface area (Å²) in [6.07, 6.45) is 0. The van der Waals surface area contributed by atoms with Crippen LogP contribution in [0.3, 0.4) is 0 Å². The normalized spacial score (nSPS) is 22.1. The summed E-state index contributed by atoms with van der Waals surface area (Å²) in [5.41, 5.74) is 0.383. The molecule has 2 unspecified atom stereocenters. The van der Waals surface area contributed by atoms with Crippen molar-refractivity contribution >= 4 is 5.97 Å². The van der Waals surface area contributed by atoms with Gasteiger partial charge >= 0.3 is 5.97 Å². The summed E-state index contributed by atoms with van der Waals surface area (Å²) >= 11 is 0. The van der Waals surface area contributed by atoms with Crippen LogP contribution < -0.4 is 0 Å². The van der Waals surface area contributed by atoms with E-state index in [1.165, 1.54) is 18.2 Å². The van der Waals surface area contributed by atoms with E-state index < -0.39 is 23.9 Å². The van der Waals surface area contributed by atoms with Gasteiger partial charge in [0, 0.05) is 18.2 Å². The molecule has 5 nitrogen and oxygen atoms in total. The maximum atomic E-state index is 13.3. The zero-order valence-corrected chi connectivity index (χ0v) is 10.5. The van der Waals surface area contributed by atoms with Crippen LogP contribution in [0.4, 0.5) is 4.39 Å². The molecule has 104 valence electrons. The number of nitrogens with zero attached hydrogens (tertiary/aromatic N) is 1. The van der Waals surface area contributed by atoms with Crippen molar-refractivity contribution in [1.82, 2.24) is 4.90 Å². The van der Waals surface area contributed by atoms with Crippen molar-refractivity contribution in [3.63, 3.8) is 0 Å². The van der Waals surface area contributed by atoms with Gasteiger partial charge in [0.1, 0.15) is 17.6 Å². The molecule has 1 aliphatic rings. The number of morpholine rings is 1. The minimum Gasteiger partial charge on any atom is -0.508 e. The Bertz CT molecular complexity index is 480. The lowest BCUT2D eigenvalue weighted by molar-refractivity contribution is -0.151. The van der Waals surface area contributed by atoms with Gasteiger partial charge in [-0.1, -0.05) is 0 Å². The molecule has 0 amide bonds. The number of carbonyl (C=O) groups is 1. The van der Waals surface area contributed by atoms with Crippen LogP contribution in [0.5, 0.6) is 5.75 Å². The monoisotopic (exact) mass is 269 g/mol. The molecular weight excluding hydrogens is 253 g/mol. The number of carboxylic acid groups (broad SMARTS) is 1. The van der Waals surface area contributed by atoms with Crippen LogP contribution in [-0.4, -0.2) is 46.9 Å². The Morgan fingerprint density at radius 3 is 3.00 bits per heavy atom. The number of aliphatic carboxylic acids is 1. The first-order chi connectivity index (χ1) is 9.00. The molecular formula is C13H16FNO4. The van der Waals surface area contributed by atoms with Crippen molar-refractivity contribution in [2.24, 2.45) is 0 Å². The maximum Gasteiger partial charge on any atom is 0.323 e. The van der Waals surface area contributed by atoms with Crippen LogP contribution >= 0.6 is 0 Å². The van der Waals surface area contributed by atoms with Crippen molar-refractivity contribution < 1.29 is 24.1 Å². The zero-order chi connectivity index (χ0) is 14.0. The number of phenols is 1. The second-order valence-electron chi connectivity index (χ2n) is 4.55. The first-order valence-corrected chi connectivity index (χ1v) is 6.05. The van der Waals surface area contributed by atoms with Gasteiger partial charge in [-0.2, -0.15) is 0 Å².